The van der Waals surface area contributed by atoms with Crippen molar-refractivity contribution in [2.24, 2.45) is 0 Å². The number of benzene rings is 1. The first-order valence-electron chi connectivity index (χ1n) is 5.78. The Morgan fingerprint density at radius 3 is 3.06 bits per heavy atom. The molecule has 0 bridgehead atoms. The maximum absolute atomic E-state index is 13.9. The van der Waals surface area contributed by atoms with E-state index in [0.717, 1.165) is 14.8 Å². The van der Waals surface area contributed by atoms with Crippen LogP contribution in [0.15, 0.2) is 32.9 Å². The molecule has 1 aliphatic rings. The molecule has 1 fully saturated rings. The Hall–Kier alpha value is -0.980. The molecule has 1 aromatic carbocycles. The Balaban J connectivity index is 1.80. The first-order chi connectivity index (χ1) is 8.83. The summed E-state index contributed by atoms with van der Waals surface area (Å²) in [4.78, 5) is 0.917. The molecule has 0 unspecified atom stereocenters. The van der Waals surface area contributed by atoms with Crippen LogP contribution in [0.25, 0.3) is 0 Å². The average Bonchev–Trinajstić information content (AvgIpc) is 3.05. The monoisotopic (exact) mass is 281 g/mol. The van der Waals surface area contributed by atoms with Crippen LogP contribution < -0.4 is 5.32 Å². The van der Waals surface area contributed by atoms with Crippen molar-refractivity contribution in [3.05, 3.63) is 35.1 Å². The molecule has 18 heavy (non-hydrogen) atoms. The highest BCUT2D eigenvalue weighted by atomic mass is 32.2. The van der Waals surface area contributed by atoms with E-state index in [9.17, 15) is 4.39 Å². The molecule has 1 saturated carbocycles. The highest BCUT2D eigenvalue weighted by Crippen LogP contribution is 2.32. The molecule has 1 aromatic heterocycles. The molecule has 3 nitrogen and oxygen atoms in total. The third kappa shape index (κ3) is 2.88. The number of nitrogens with one attached hydrogen (secondary N) is 1. The minimum atomic E-state index is -0.155. The molecular weight excluding hydrogens is 269 g/mol. The Kier molecular flexibility index (Phi) is 3.58. The molecule has 0 radical (unpaired) electrons. The van der Waals surface area contributed by atoms with Crippen LogP contribution in [0.3, 0.4) is 0 Å². The molecule has 0 amide bonds. The smallest absolute Gasteiger partial charge is 0.178 e. The summed E-state index contributed by atoms with van der Waals surface area (Å²) < 4.78 is 14.7. The highest BCUT2D eigenvalue weighted by Gasteiger charge is 2.21. The van der Waals surface area contributed by atoms with E-state index in [1.807, 2.05) is 6.07 Å². The average molecular weight is 281 g/mol. The minimum absolute atomic E-state index is 0.155. The van der Waals surface area contributed by atoms with Gasteiger partial charge >= 0.3 is 0 Å². The maximum atomic E-state index is 13.9. The van der Waals surface area contributed by atoms with Crippen molar-refractivity contribution in [1.29, 1.82) is 0 Å². The van der Waals surface area contributed by atoms with Gasteiger partial charge in [-0.2, -0.15) is 0 Å². The van der Waals surface area contributed by atoms with Gasteiger partial charge in [0.15, 0.2) is 4.34 Å². The number of aromatic nitrogens is 2. The lowest BCUT2D eigenvalue weighted by Crippen LogP contribution is -2.16. The van der Waals surface area contributed by atoms with Gasteiger partial charge in [0.2, 0.25) is 0 Å². The molecule has 0 saturated heterocycles. The predicted molar refractivity (Wildman–Crippen MR) is 70.3 cm³/mol. The molecule has 1 heterocycles. The van der Waals surface area contributed by atoms with Gasteiger partial charge < -0.3 is 5.32 Å². The molecule has 1 aliphatic carbocycles. The topological polar surface area (TPSA) is 37.8 Å². The van der Waals surface area contributed by atoms with Crippen LogP contribution in [0.5, 0.6) is 0 Å². The van der Waals surface area contributed by atoms with E-state index in [2.05, 4.69) is 15.5 Å². The number of halogens is 1. The van der Waals surface area contributed by atoms with Crippen molar-refractivity contribution in [1.82, 2.24) is 15.5 Å². The summed E-state index contributed by atoms with van der Waals surface area (Å²) in [6.07, 6.45) is 2.40. The van der Waals surface area contributed by atoms with Gasteiger partial charge in [-0.15, -0.1) is 10.2 Å². The Morgan fingerprint density at radius 2 is 2.33 bits per heavy atom. The quantitative estimate of drug-likeness (QED) is 0.914. The molecule has 0 atom stereocenters. The molecule has 1 N–H and O–H groups in total. The largest absolute Gasteiger partial charge is 0.310 e. The van der Waals surface area contributed by atoms with Crippen LogP contribution in [0.1, 0.15) is 18.4 Å². The number of hydrogen-bond donors (Lipinski definition) is 1. The van der Waals surface area contributed by atoms with Crippen molar-refractivity contribution < 1.29 is 4.39 Å². The summed E-state index contributed by atoms with van der Waals surface area (Å²) in [7, 11) is 0. The van der Waals surface area contributed by atoms with Gasteiger partial charge in [-0.1, -0.05) is 29.2 Å². The zero-order chi connectivity index (χ0) is 12.4. The normalized spacial score (nSPS) is 14.9. The molecule has 6 heteroatoms. The second-order valence-electron chi connectivity index (χ2n) is 4.18. The first kappa shape index (κ1) is 12.1. The fourth-order valence-corrected chi connectivity index (χ4v) is 3.23. The number of nitrogens with zero attached hydrogens (tertiary/aromatic N) is 2. The molecule has 2 aromatic rings. The van der Waals surface area contributed by atoms with Crippen molar-refractivity contribution in [2.45, 2.75) is 34.7 Å². The van der Waals surface area contributed by atoms with Crippen molar-refractivity contribution in [2.75, 3.05) is 0 Å². The summed E-state index contributed by atoms with van der Waals surface area (Å²) >= 11 is 2.94. The van der Waals surface area contributed by atoms with E-state index in [1.165, 1.54) is 42.0 Å². The van der Waals surface area contributed by atoms with Crippen LogP contribution >= 0.6 is 23.1 Å². The van der Waals surface area contributed by atoms with Crippen LogP contribution in [0.2, 0.25) is 0 Å². The van der Waals surface area contributed by atoms with Gasteiger partial charge in [0, 0.05) is 23.0 Å². The zero-order valence-electron chi connectivity index (χ0n) is 9.60. The molecular formula is C12H12FN3S2. The molecule has 3 rings (SSSR count). The number of rotatable bonds is 5. The van der Waals surface area contributed by atoms with E-state index >= 15 is 0 Å². The second kappa shape index (κ2) is 5.34. The van der Waals surface area contributed by atoms with Crippen molar-refractivity contribution in [3.63, 3.8) is 0 Å². The maximum Gasteiger partial charge on any atom is 0.178 e. The van der Waals surface area contributed by atoms with Crippen LogP contribution in [0.4, 0.5) is 4.39 Å². The lowest BCUT2D eigenvalue weighted by Gasteiger charge is -2.09. The van der Waals surface area contributed by atoms with Gasteiger partial charge in [0.05, 0.1) is 0 Å². The minimum Gasteiger partial charge on any atom is -0.310 e. The van der Waals surface area contributed by atoms with Crippen molar-refractivity contribution >= 4 is 23.1 Å². The van der Waals surface area contributed by atoms with E-state index in [4.69, 9.17) is 0 Å². The van der Waals surface area contributed by atoms with Crippen LogP contribution in [-0.2, 0) is 6.54 Å². The summed E-state index contributed by atoms with van der Waals surface area (Å²) in [5.74, 6) is -0.155. The van der Waals surface area contributed by atoms with Crippen molar-refractivity contribution in [3.8, 4) is 0 Å². The Labute approximate surface area is 113 Å². The van der Waals surface area contributed by atoms with E-state index in [0.29, 0.717) is 12.6 Å². The summed E-state index contributed by atoms with van der Waals surface area (Å²) in [5, 5.41) is 11.1. The molecule has 0 spiro atoms. The fraction of sp³-hybridized carbons (Fsp3) is 0.333. The third-order valence-corrected chi connectivity index (χ3v) is 4.64. The number of hydrogen-bond acceptors (Lipinski definition) is 5. The lowest BCUT2D eigenvalue weighted by atomic mass is 10.2. The predicted octanol–water partition coefficient (Wildman–Crippen LogP) is 3.08. The van der Waals surface area contributed by atoms with E-state index < -0.39 is 0 Å². The SMILES string of the molecule is Fc1cccc(Sc2nncs2)c1CNC1CC1. The van der Waals surface area contributed by atoms with Gasteiger partial charge in [0.1, 0.15) is 11.3 Å². The summed E-state index contributed by atoms with van der Waals surface area (Å²) in [6.45, 7) is 0.582. The zero-order valence-corrected chi connectivity index (χ0v) is 11.2. The standard InChI is InChI=1S/C12H12FN3S2/c13-10-2-1-3-11(18-12-16-15-7-17-12)9(10)6-14-8-4-5-8/h1-3,7-8,14H,4-6H2. The molecule has 0 aliphatic heterocycles. The van der Waals surface area contributed by atoms with E-state index in [-0.39, 0.29) is 5.82 Å². The second-order valence-corrected chi connectivity index (χ2v) is 6.30. The van der Waals surface area contributed by atoms with Gasteiger partial charge in [-0.25, -0.2) is 4.39 Å². The Bertz CT molecular complexity index is 526. The van der Waals surface area contributed by atoms with Crippen LogP contribution in [-0.4, -0.2) is 16.2 Å². The summed E-state index contributed by atoms with van der Waals surface area (Å²) in [5.41, 5.74) is 2.41. The van der Waals surface area contributed by atoms with Gasteiger partial charge in [-0.05, 0) is 25.0 Å². The van der Waals surface area contributed by atoms with Gasteiger partial charge in [0.25, 0.3) is 0 Å². The van der Waals surface area contributed by atoms with Crippen LogP contribution in [0, 0.1) is 5.82 Å². The van der Waals surface area contributed by atoms with E-state index in [1.54, 1.807) is 11.6 Å². The third-order valence-electron chi connectivity index (χ3n) is 2.76. The Morgan fingerprint density at radius 1 is 1.44 bits per heavy atom. The highest BCUT2D eigenvalue weighted by molar-refractivity contribution is 8.01. The van der Waals surface area contributed by atoms with Gasteiger partial charge in [-0.3, -0.25) is 0 Å². The summed E-state index contributed by atoms with van der Waals surface area (Å²) in [6, 6.07) is 5.75. The molecule has 94 valence electrons. The lowest BCUT2D eigenvalue weighted by molar-refractivity contribution is 0.579. The fourth-order valence-electron chi connectivity index (χ4n) is 1.64. The first-order valence-corrected chi connectivity index (χ1v) is 7.47.